The SMILES string of the molecule is Bc1ccc(N2CCN(c3ccc(OC)cc3)CC2)c(-c2ccc(C)cc2)n1. The fourth-order valence-corrected chi connectivity index (χ4v) is 3.73. The Labute approximate surface area is 168 Å². The van der Waals surface area contributed by atoms with Crippen molar-refractivity contribution >= 4 is 24.8 Å². The monoisotopic (exact) mass is 371 g/mol. The molecule has 1 fully saturated rings. The van der Waals surface area contributed by atoms with Crippen molar-refractivity contribution in [3.05, 3.63) is 66.2 Å². The molecule has 1 saturated heterocycles. The smallest absolute Gasteiger partial charge is 0.163 e. The van der Waals surface area contributed by atoms with Crippen LogP contribution in [0.1, 0.15) is 5.56 Å². The van der Waals surface area contributed by atoms with Gasteiger partial charge in [0, 0.05) is 37.4 Å². The maximum absolute atomic E-state index is 5.27. The van der Waals surface area contributed by atoms with E-state index in [1.807, 2.05) is 12.1 Å². The Balaban J connectivity index is 1.53. The Hall–Kier alpha value is -2.95. The van der Waals surface area contributed by atoms with E-state index in [0.29, 0.717) is 0 Å². The number of hydrogen-bond donors (Lipinski definition) is 0. The first-order valence-corrected chi connectivity index (χ1v) is 9.83. The first-order valence-electron chi connectivity index (χ1n) is 9.83. The van der Waals surface area contributed by atoms with Crippen LogP contribution in [-0.4, -0.2) is 46.1 Å². The van der Waals surface area contributed by atoms with Gasteiger partial charge in [0.05, 0.1) is 18.5 Å². The lowest BCUT2D eigenvalue weighted by Crippen LogP contribution is -2.46. The van der Waals surface area contributed by atoms with Crippen molar-refractivity contribution in [3.63, 3.8) is 0 Å². The van der Waals surface area contributed by atoms with Crippen LogP contribution in [0.3, 0.4) is 0 Å². The molecule has 4 nitrogen and oxygen atoms in total. The standard InChI is InChI=1S/C23H26BN3O/c1-17-3-5-18(6-4-17)23-21(11-12-22(24)25-23)27-15-13-26(14-16-27)19-7-9-20(28-2)10-8-19/h3-12H,13-16,24H2,1-2H3. The van der Waals surface area contributed by atoms with E-state index in [0.717, 1.165) is 43.2 Å². The van der Waals surface area contributed by atoms with Crippen molar-refractivity contribution in [2.45, 2.75) is 6.92 Å². The molecule has 4 rings (SSSR count). The predicted molar refractivity (Wildman–Crippen MR) is 120 cm³/mol. The van der Waals surface area contributed by atoms with E-state index < -0.39 is 0 Å². The lowest BCUT2D eigenvalue weighted by molar-refractivity contribution is 0.415. The summed E-state index contributed by atoms with van der Waals surface area (Å²) in [4.78, 5) is 9.77. The van der Waals surface area contributed by atoms with Crippen molar-refractivity contribution in [2.24, 2.45) is 0 Å². The summed E-state index contributed by atoms with van der Waals surface area (Å²) < 4.78 is 5.27. The van der Waals surface area contributed by atoms with E-state index in [2.05, 4.69) is 73.1 Å². The maximum atomic E-state index is 5.27. The molecule has 1 aromatic heterocycles. The summed E-state index contributed by atoms with van der Waals surface area (Å²) in [6, 6.07) is 21.3. The van der Waals surface area contributed by atoms with Gasteiger partial charge in [0.25, 0.3) is 0 Å². The minimum absolute atomic E-state index is 0.899. The Bertz CT molecular complexity index is 933. The molecule has 1 aliphatic heterocycles. The zero-order valence-electron chi connectivity index (χ0n) is 16.9. The van der Waals surface area contributed by atoms with Crippen LogP contribution in [0.15, 0.2) is 60.7 Å². The molecule has 2 aromatic carbocycles. The average molecular weight is 371 g/mol. The second kappa shape index (κ2) is 7.97. The highest BCUT2D eigenvalue weighted by Gasteiger charge is 2.21. The quantitative estimate of drug-likeness (QED) is 0.660. The maximum Gasteiger partial charge on any atom is 0.163 e. The molecule has 0 aliphatic carbocycles. The Morgan fingerprint density at radius 1 is 0.821 bits per heavy atom. The summed E-state index contributed by atoms with van der Waals surface area (Å²) in [6.45, 7) is 6.07. The second-order valence-corrected chi connectivity index (χ2v) is 7.36. The van der Waals surface area contributed by atoms with Gasteiger partial charge in [-0.05, 0) is 48.9 Å². The van der Waals surface area contributed by atoms with E-state index in [4.69, 9.17) is 9.72 Å². The molecule has 0 spiro atoms. The molecule has 0 radical (unpaired) electrons. The fraction of sp³-hybridized carbons (Fsp3) is 0.261. The number of pyridine rings is 1. The average Bonchev–Trinajstić information content (AvgIpc) is 2.74. The molecule has 0 amide bonds. The third-order valence-corrected chi connectivity index (χ3v) is 5.40. The summed E-state index contributed by atoms with van der Waals surface area (Å²) in [5, 5.41) is 0. The van der Waals surface area contributed by atoms with Gasteiger partial charge in [0.1, 0.15) is 5.75 Å². The van der Waals surface area contributed by atoms with Crippen LogP contribution < -0.4 is 20.1 Å². The third kappa shape index (κ3) is 3.84. The summed E-state index contributed by atoms with van der Waals surface area (Å²) in [7, 11) is 3.76. The number of rotatable bonds is 4. The van der Waals surface area contributed by atoms with Gasteiger partial charge in [-0.3, -0.25) is 4.98 Å². The van der Waals surface area contributed by atoms with Crippen LogP contribution in [0.4, 0.5) is 11.4 Å². The molecule has 3 aromatic rings. The summed E-state index contributed by atoms with van der Waals surface area (Å²) in [5.74, 6) is 0.899. The predicted octanol–water partition coefficient (Wildman–Crippen LogP) is 2.65. The van der Waals surface area contributed by atoms with Crippen molar-refractivity contribution in [1.29, 1.82) is 0 Å². The van der Waals surface area contributed by atoms with Crippen LogP contribution in [0, 0.1) is 6.92 Å². The number of ether oxygens (including phenoxy) is 1. The topological polar surface area (TPSA) is 28.6 Å². The van der Waals surface area contributed by atoms with Gasteiger partial charge in [-0.1, -0.05) is 29.8 Å². The molecule has 0 unspecified atom stereocenters. The van der Waals surface area contributed by atoms with Crippen molar-refractivity contribution in [2.75, 3.05) is 43.1 Å². The number of piperazine rings is 1. The zero-order chi connectivity index (χ0) is 19.5. The Morgan fingerprint density at radius 3 is 2.11 bits per heavy atom. The molecule has 0 atom stereocenters. The van der Waals surface area contributed by atoms with E-state index in [1.165, 1.54) is 22.5 Å². The molecule has 0 bridgehead atoms. The normalized spacial score (nSPS) is 14.2. The van der Waals surface area contributed by atoms with Crippen molar-refractivity contribution < 1.29 is 4.74 Å². The van der Waals surface area contributed by atoms with E-state index in [-0.39, 0.29) is 0 Å². The number of benzene rings is 2. The lowest BCUT2D eigenvalue weighted by Gasteiger charge is -2.38. The van der Waals surface area contributed by atoms with Gasteiger partial charge in [0.15, 0.2) is 7.85 Å². The molecule has 5 heteroatoms. The molecule has 142 valence electrons. The largest absolute Gasteiger partial charge is 0.497 e. The van der Waals surface area contributed by atoms with Crippen LogP contribution in [0.5, 0.6) is 5.75 Å². The van der Waals surface area contributed by atoms with Gasteiger partial charge in [-0.25, -0.2) is 0 Å². The van der Waals surface area contributed by atoms with E-state index in [9.17, 15) is 0 Å². The van der Waals surface area contributed by atoms with Gasteiger partial charge in [0.2, 0.25) is 0 Å². The number of aryl methyl sites for hydroxylation is 1. The molecular weight excluding hydrogens is 345 g/mol. The lowest BCUT2D eigenvalue weighted by atomic mass is 10.00. The molecule has 0 N–H and O–H groups in total. The summed E-state index contributed by atoms with van der Waals surface area (Å²) in [6.07, 6.45) is 0. The Kier molecular flexibility index (Phi) is 5.24. The van der Waals surface area contributed by atoms with Crippen molar-refractivity contribution in [3.8, 4) is 17.0 Å². The van der Waals surface area contributed by atoms with Crippen molar-refractivity contribution in [1.82, 2.24) is 4.98 Å². The summed E-state index contributed by atoms with van der Waals surface area (Å²) >= 11 is 0. The number of nitrogens with zero attached hydrogens (tertiary/aromatic N) is 3. The molecule has 1 aliphatic rings. The highest BCUT2D eigenvalue weighted by Crippen LogP contribution is 2.30. The molecule has 0 saturated carbocycles. The number of hydrogen-bond acceptors (Lipinski definition) is 4. The van der Waals surface area contributed by atoms with Crippen LogP contribution >= 0.6 is 0 Å². The number of anilines is 2. The van der Waals surface area contributed by atoms with Gasteiger partial charge >= 0.3 is 0 Å². The number of aromatic nitrogens is 1. The minimum Gasteiger partial charge on any atom is -0.497 e. The molecular formula is C23H26BN3O. The number of methoxy groups -OCH3 is 1. The first-order chi connectivity index (χ1) is 13.6. The Morgan fingerprint density at radius 2 is 1.46 bits per heavy atom. The van der Waals surface area contributed by atoms with E-state index in [1.54, 1.807) is 7.11 Å². The third-order valence-electron chi connectivity index (χ3n) is 5.40. The van der Waals surface area contributed by atoms with Crippen LogP contribution in [-0.2, 0) is 0 Å². The second-order valence-electron chi connectivity index (χ2n) is 7.36. The van der Waals surface area contributed by atoms with Crippen LogP contribution in [0.25, 0.3) is 11.3 Å². The highest BCUT2D eigenvalue weighted by molar-refractivity contribution is 6.30. The molecule has 28 heavy (non-hydrogen) atoms. The first kappa shape index (κ1) is 18.4. The zero-order valence-corrected chi connectivity index (χ0v) is 16.9. The fourth-order valence-electron chi connectivity index (χ4n) is 3.73. The molecule has 2 heterocycles. The van der Waals surface area contributed by atoms with Gasteiger partial charge in [-0.15, -0.1) is 0 Å². The van der Waals surface area contributed by atoms with E-state index >= 15 is 0 Å². The van der Waals surface area contributed by atoms with Crippen LogP contribution in [0.2, 0.25) is 0 Å². The highest BCUT2D eigenvalue weighted by atomic mass is 16.5. The summed E-state index contributed by atoms with van der Waals surface area (Å²) in [5.41, 5.74) is 7.06. The van der Waals surface area contributed by atoms with Gasteiger partial charge in [-0.2, -0.15) is 0 Å². The minimum atomic E-state index is 0.899. The van der Waals surface area contributed by atoms with Gasteiger partial charge < -0.3 is 14.5 Å².